The van der Waals surface area contributed by atoms with Crippen LogP contribution >= 0.6 is 0 Å². The number of hydrogen-bond donors (Lipinski definition) is 0. The minimum atomic E-state index is -0.450. The van der Waals surface area contributed by atoms with Crippen LogP contribution in [0.15, 0.2) is 59.5 Å². The predicted octanol–water partition coefficient (Wildman–Crippen LogP) is 2.70. The molecule has 8 nitrogen and oxygen atoms in total. The number of hydrogen-bond acceptors (Lipinski definition) is 4. The summed E-state index contributed by atoms with van der Waals surface area (Å²) in [5.41, 5.74) is 2.77. The molecule has 0 aliphatic heterocycles. The second-order valence-corrected chi connectivity index (χ2v) is 6.37. The van der Waals surface area contributed by atoms with Crippen molar-refractivity contribution in [3.63, 3.8) is 0 Å². The molecule has 0 unspecified atom stereocenters. The molecule has 2 aromatic carbocycles. The van der Waals surface area contributed by atoms with Gasteiger partial charge >= 0.3 is 5.69 Å². The molecular weight excluding hydrogens is 346 g/mol. The lowest BCUT2D eigenvalue weighted by molar-refractivity contribution is -0.383. The molecule has 0 fully saturated rings. The molecule has 0 amide bonds. The highest BCUT2D eigenvalue weighted by molar-refractivity contribution is 5.90. The van der Waals surface area contributed by atoms with Gasteiger partial charge in [0.1, 0.15) is 5.52 Å². The Hall–Kier alpha value is -3.68. The molecule has 2 heterocycles. The zero-order valence-electron chi connectivity index (χ0n) is 14.9. The molecule has 0 spiro atoms. The van der Waals surface area contributed by atoms with E-state index in [1.165, 1.54) is 10.6 Å². The summed E-state index contributed by atoms with van der Waals surface area (Å²) in [4.78, 5) is 24.1. The van der Waals surface area contributed by atoms with Crippen LogP contribution in [-0.4, -0.2) is 23.8 Å². The molecule has 0 saturated carbocycles. The maximum absolute atomic E-state index is 12.8. The fourth-order valence-electron chi connectivity index (χ4n) is 3.40. The number of aromatic nitrogens is 4. The van der Waals surface area contributed by atoms with Crippen molar-refractivity contribution in [1.82, 2.24) is 18.9 Å². The largest absolute Gasteiger partial charge is 0.329 e. The maximum atomic E-state index is 12.8. The summed E-state index contributed by atoms with van der Waals surface area (Å²) >= 11 is 0. The van der Waals surface area contributed by atoms with Gasteiger partial charge in [-0.3, -0.25) is 23.9 Å². The third-order valence-corrected chi connectivity index (χ3v) is 4.71. The van der Waals surface area contributed by atoms with Gasteiger partial charge in [-0.2, -0.15) is 5.10 Å². The number of non-ortho nitro benzene ring substituents is 1. The Morgan fingerprint density at radius 2 is 1.85 bits per heavy atom. The second kappa shape index (κ2) is 6.24. The van der Waals surface area contributed by atoms with Gasteiger partial charge in [0.25, 0.3) is 5.69 Å². The summed E-state index contributed by atoms with van der Waals surface area (Å²) in [6, 6.07) is 14.6. The summed E-state index contributed by atoms with van der Waals surface area (Å²) in [5, 5.41) is 15.8. The molecule has 0 aliphatic rings. The molecule has 0 bridgehead atoms. The number of nitro benzene ring substituents is 1. The standard InChI is InChI=1S/C19H17N5O3/c1-21-18-16(23(19(21)25)12-13-6-4-3-5-7-13)10-14(11-17(18)24(26)27)15-8-9-20-22(15)2/h3-11H,12H2,1-2H3. The van der Waals surface area contributed by atoms with Crippen LogP contribution in [0.2, 0.25) is 0 Å². The number of rotatable bonds is 4. The van der Waals surface area contributed by atoms with E-state index >= 15 is 0 Å². The molecule has 0 atom stereocenters. The molecule has 27 heavy (non-hydrogen) atoms. The first-order valence-corrected chi connectivity index (χ1v) is 8.37. The van der Waals surface area contributed by atoms with Crippen LogP contribution in [0.3, 0.4) is 0 Å². The zero-order chi connectivity index (χ0) is 19.1. The van der Waals surface area contributed by atoms with E-state index in [-0.39, 0.29) is 11.4 Å². The van der Waals surface area contributed by atoms with Gasteiger partial charge < -0.3 is 0 Å². The highest BCUT2D eigenvalue weighted by Gasteiger charge is 2.23. The smallest absolute Gasteiger partial charge is 0.289 e. The summed E-state index contributed by atoms with van der Waals surface area (Å²) < 4.78 is 4.55. The van der Waals surface area contributed by atoms with E-state index in [0.29, 0.717) is 23.1 Å². The van der Waals surface area contributed by atoms with Gasteiger partial charge in [0.05, 0.1) is 22.7 Å². The maximum Gasteiger partial charge on any atom is 0.329 e. The Balaban J connectivity index is 2.03. The molecular formula is C19H17N5O3. The van der Waals surface area contributed by atoms with Crippen molar-refractivity contribution in [3.05, 3.63) is 80.9 Å². The van der Waals surface area contributed by atoms with Gasteiger partial charge in [-0.25, -0.2) is 4.79 Å². The second-order valence-electron chi connectivity index (χ2n) is 6.37. The first kappa shape index (κ1) is 16.8. The molecule has 0 aliphatic carbocycles. The number of nitrogens with zero attached hydrogens (tertiary/aromatic N) is 5. The Kier molecular flexibility index (Phi) is 3.88. The van der Waals surface area contributed by atoms with Gasteiger partial charge in [-0.15, -0.1) is 0 Å². The van der Waals surface area contributed by atoms with Crippen LogP contribution < -0.4 is 5.69 Å². The molecule has 0 saturated heterocycles. The van der Waals surface area contributed by atoms with Crippen molar-refractivity contribution < 1.29 is 4.92 Å². The first-order valence-electron chi connectivity index (χ1n) is 8.37. The Morgan fingerprint density at radius 3 is 2.48 bits per heavy atom. The predicted molar refractivity (Wildman–Crippen MR) is 102 cm³/mol. The Morgan fingerprint density at radius 1 is 1.11 bits per heavy atom. The van der Waals surface area contributed by atoms with Crippen LogP contribution in [0.4, 0.5) is 5.69 Å². The number of nitro groups is 1. The molecule has 0 radical (unpaired) electrons. The summed E-state index contributed by atoms with van der Waals surface area (Å²) in [6.45, 7) is 0.336. The monoisotopic (exact) mass is 363 g/mol. The third-order valence-electron chi connectivity index (χ3n) is 4.71. The highest BCUT2D eigenvalue weighted by atomic mass is 16.6. The van der Waals surface area contributed by atoms with Crippen LogP contribution in [0.5, 0.6) is 0 Å². The fourth-order valence-corrected chi connectivity index (χ4v) is 3.40. The van der Waals surface area contributed by atoms with Crippen LogP contribution in [-0.2, 0) is 20.6 Å². The fraction of sp³-hybridized carbons (Fsp3) is 0.158. The zero-order valence-corrected chi connectivity index (χ0v) is 14.9. The normalized spacial score (nSPS) is 11.2. The van der Waals surface area contributed by atoms with E-state index in [1.807, 2.05) is 36.4 Å². The quantitative estimate of drug-likeness (QED) is 0.412. The minimum absolute atomic E-state index is 0.102. The van der Waals surface area contributed by atoms with Crippen molar-refractivity contribution in [2.45, 2.75) is 6.54 Å². The summed E-state index contributed by atoms with van der Waals surface area (Å²) in [7, 11) is 3.33. The van der Waals surface area contributed by atoms with Crippen LogP contribution in [0.25, 0.3) is 22.3 Å². The van der Waals surface area contributed by atoms with Gasteiger partial charge in [0.15, 0.2) is 0 Å². The average molecular weight is 363 g/mol. The van der Waals surface area contributed by atoms with Gasteiger partial charge in [-0.1, -0.05) is 30.3 Å². The van der Waals surface area contributed by atoms with Crippen molar-refractivity contribution in [2.75, 3.05) is 0 Å². The first-order chi connectivity index (χ1) is 13.0. The lowest BCUT2D eigenvalue weighted by Gasteiger charge is -2.07. The molecule has 0 N–H and O–H groups in total. The van der Waals surface area contributed by atoms with E-state index in [2.05, 4.69) is 5.10 Å². The van der Waals surface area contributed by atoms with Gasteiger partial charge in [-0.05, 0) is 17.7 Å². The Bertz CT molecular complexity index is 1220. The number of benzene rings is 2. The Labute approximate surface area is 154 Å². The van der Waals surface area contributed by atoms with Crippen molar-refractivity contribution in [1.29, 1.82) is 0 Å². The topological polar surface area (TPSA) is 87.9 Å². The van der Waals surface area contributed by atoms with E-state index in [1.54, 1.807) is 35.6 Å². The molecule has 8 heteroatoms. The van der Waals surface area contributed by atoms with Gasteiger partial charge in [0.2, 0.25) is 0 Å². The lowest BCUT2D eigenvalue weighted by Crippen LogP contribution is -2.22. The summed E-state index contributed by atoms with van der Waals surface area (Å²) in [5.74, 6) is 0. The van der Waals surface area contributed by atoms with E-state index in [0.717, 1.165) is 11.3 Å². The third kappa shape index (κ3) is 2.71. The minimum Gasteiger partial charge on any atom is -0.289 e. The lowest BCUT2D eigenvalue weighted by atomic mass is 10.1. The van der Waals surface area contributed by atoms with Crippen molar-refractivity contribution in [2.24, 2.45) is 14.1 Å². The van der Waals surface area contributed by atoms with Crippen molar-refractivity contribution in [3.8, 4) is 11.3 Å². The molecule has 4 aromatic rings. The van der Waals surface area contributed by atoms with Crippen LogP contribution in [0.1, 0.15) is 5.56 Å². The van der Waals surface area contributed by atoms with Gasteiger partial charge in [0, 0.05) is 31.9 Å². The summed E-state index contributed by atoms with van der Waals surface area (Å²) in [6.07, 6.45) is 1.63. The SMILES string of the molecule is Cn1nccc1-c1cc([N+](=O)[O-])c2c(c1)n(Cc1ccccc1)c(=O)n2C. The van der Waals surface area contributed by atoms with E-state index < -0.39 is 4.92 Å². The van der Waals surface area contributed by atoms with Crippen LogP contribution in [0, 0.1) is 10.1 Å². The molecule has 4 rings (SSSR count). The van der Waals surface area contributed by atoms with E-state index in [4.69, 9.17) is 0 Å². The number of fused-ring (bicyclic) bond motifs is 1. The number of imidazole rings is 1. The molecule has 2 aromatic heterocycles. The molecule has 136 valence electrons. The average Bonchev–Trinajstić information content (AvgIpc) is 3.19. The highest BCUT2D eigenvalue weighted by Crippen LogP contribution is 2.31. The van der Waals surface area contributed by atoms with Crippen molar-refractivity contribution >= 4 is 16.7 Å². The number of aryl methyl sites for hydroxylation is 2. The van der Waals surface area contributed by atoms with E-state index in [9.17, 15) is 14.9 Å².